The van der Waals surface area contributed by atoms with E-state index in [1.165, 1.54) is 32.1 Å². The van der Waals surface area contributed by atoms with Crippen molar-refractivity contribution in [2.24, 2.45) is 5.92 Å². The van der Waals surface area contributed by atoms with Gasteiger partial charge in [-0.2, -0.15) is 4.98 Å². The zero-order valence-electron chi connectivity index (χ0n) is 14.6. The van der Waals surface area contributed by atoms with Crippen molar-refractivity contribution < 1.29 is 9.32 Å². The van der Waals surface area contributed by atoms with E-state index in [0.717, 1.165) is 6.42 Å². The lowest BCUT2D eigenvalue weighted by Crippen LogP contribution is -2.37. The van der Waals surface area contributed by atoms with Crippen LogP contribution in [0.2, 0.25) is 0 Å². The Bertz CT molecular complexity index is 673. The molecule has 1 fully saturated rings. The molecule has 1 aliphatic rings. The van der Waals surface area contributed by atoms with Crippen LogP contribution in [0.15, 0.2) is 23.0 Å². The minimum atomic E-state index is 0.0594. The van der Waals surface area contributed by atoms with E-state index in [0.29, 0.717) is 42.3 Å². The van der Waals surface area contributed by atoms with Gasteiger partial charge in [-0.05, 0) is 31.2 Å². The van der Waals surface area contributed by atoms with Crippen LogP contribution < -0.4 is 5.32 Å². The van der Waals surface area contributed by atoms with Crippen molar-refractivity contribution in [1.82, 2.24) is 25.4 Å². The number of carbonyl (C=O) groups excluding carboxylic acids is 1. The molecular formula is C18H25N5O2. The number of hydrogen-bond acceptors (Lipinski definition) is 6. The summed E-state index contributed by atoms with van der Waals surface area (Å²) in [6.07, 6.45) is 11.2. The molecule has 2 atom stereocenters. The Balaban J connectivity index is 1.47. The van der Waals surface area contributed by atoms with Crippen LogP contribution in [0.25, 0.3) is 11.6 Å². The number of carbonyl (C=O) groups is 1. The Morgan fingerprint density at radius 3 is 2.92 bits per heavy atom. The van der Waals surface area contributed by atoms with Crippen LogP contribution in [0.1, 0.15) is 57.8 Å². The molecule has 0 spiro atoms. The van der Waals surface area contributed by atoms with E-state index in [1.807, 2.05) is 0 Å². The monoisotopic (exact) mass is 343 g/mol. The van der Waals surface area contributed by atoms with Gasteiger partial charge < -0.3 is 9.84 Å². The molecule has 2 unspecified atom stereocenters. The van der Waals surface area contributed by atoms with Crippen LogP contribution in [0.5, 0.6) is 0 Å². The summed E-state index contributed by atoms with van der Waals surface area (Å²) in [5.41, 5.74) is 0. The van der Waals surface area contributed by atoms with Gasteiger partial charge in [-0.1, -0.05) is 31.3 Å². The molecule has 0 saturated heterocycles. The molecule has 0 radical (unpaired) electrons. The van der Waals surface area contributed by atoms with Crippen LogP contribution in [0, 0.1) is 5.92 Å². The SMILES string of the molecule is CCCCC1CCCC1NC(=O)CCc1nc(-c2ncccn2)no1. The number of rotatable bonds is 8. The van der Waals surface area contributed by atoms with E-state index in [1.54, 1.807) is 18.5 Å². The normalized spacial score (nSPS) is 19.9. The number of nitrogens with zero attached hydrogens (tertiary/aromatic N) is 4. The summed E-state index contributed by atoms with van der Waals surface area (Å²) in [4.78, 5) is 24.7. The minimum absolute atomic E-state index is 0.0594. The number of amides is 1. The second-order valence-corrected chi connectivity index (χ2v) is 6.59. The number of aryl methyl sites for hydroxylation is 1. The third kappa shape index (κ3) is 4.84. The van der Waals surface area contributed by atoms with Crippen LogP contribution in [-0.2, 0) is 11.2 Å². The topological polar surface area (TPSA) is 93.8 Å². The molecule has 1 N–H and O–H groups in total. The Kier molecular flexibility index (Phi) is 6.09. The Labute approximate surface area is 147 Å². The standard InChI is InChI=1S/C18H25N5O2/c1-2-3-6-13-7-4-8-14(13)21-15(24)9-10-16-22-18(23-25-16)17-19-11-5-12-20-17/h5,11-14H,2-4,6-10H2,1H3,(H,21,24). The molecular weight excluding hydrogens is 318 g/mol. The van der Waals surface area contributed by atoms with Crippen molar-refractivity contribution in [3.05, 3.63) is 24.4 Å². The maximum atomic E-state index is 12.2. The minimum Gasteiger partial charge on any atom is -0.353 e. The molecule has 1 amide bonds. The summed E-state index contributed by atoms with van der Waals surface area (Å²) in [6, 6.07) is 2.06. The van der Waals surface area contributed by atoms with Crippen molar-refractivity contribution in [1.29, 1.82) is 0 Å². The summed E-state index contributed by atoms with van der Waals surface area (Å²) in [7, 11) is 0. The van der Waals surface area contributed by atoms with Crippen molar-refractivity contribution in [2.45, 2.75) is 64.3 Å². The van der Waals surface area contributed by atoms with Gasteiger partial charge >= 0.3 is 0 Å². The molecule has 2 aromatic heterocycles. The first-order chi connectivity index (χ1) is 12.3. The third-order valence-corrected chi connectivity index (χ3v) is 4.73. The van der Waals surface area contributed by atoms with Gasteiger partial charge in [0.2, 0.25) is 23.4 Å². The van der Waals surface area contributed by atoms with Crippen LogP contribution in [0.4, 0.5) is 0 Å². The van der Waals surface area contributed by atoms with Crippen molar-refractivity contribution in [3.63, 3.8) is 0 Å². The van der Waals surface area contributed by atoms with Gasteiger partial charge in [0.25, 0.3) is 0 Å². The average Bonchev–Trinajstić information content (AvgIpc) is 3.28. The fourth-order valence-corrected chi connectivity index (χ4v) is 3.40. The molecule has 25 heavy (non-hydrogen) atoms. The van der Waals surface area contributed by atoms with Gasteiger partial charge in [0.15, 0.2) is 0 Å². The van der Waals surface area contributed by atoms with Gasteiger partial charge in [0.1, 0.15) is 0 Å². The van der Waals surface area contributed by atoms with E-state index in [9.17, 15) is 4.79 Å². The van der Waals surface area contributed by atoms with Gasteiger partial charge in [-0.25, -0.2) is 9.97 Å². The summed E-state index contributed by atoms with van der Waals surface area (Å²) in [5, 5.41) is 7.06. The molecule has 0 bridgehead atoms. The van der Waals surface area contributed by atoms with E-state index in [4.69, 9.17) is 4.52 Å². The summed E-state index contributed by atoms with van der Waals surface area (Å²) < 4.78 is 5.19. The lowest BCUT2D eigenvalue weighted by molar-refractivity contribution is -0.122. The van der Waals surface area contributed by atoms with E-state index >= 15 is 0 Å². The van der Waals surface area contributed by atoms with E-state index in [2.05, 4.69) is 32.3 Å². The van der Waals surface area contributed by atoms with Gasteiger partial charge in [0.05, 0.1) is 0 Å². The maximum Gasteiger partial charge on any atom is 0.240 e. The first kappa shape index (κ1) is 17.5. The predicted octanol–water partition coefficient (Wildman–Crippen LogP) is 2.93. The Morgan fingerprint density at radius 2 is 2.12 bits per heavy atom. The Hall–Kier alpha value is -2.31. The molecule has 0 aromatic carbocycles. The van der Waals surface area contributed by atoms with E-state index in [-0.39, 0.29) is 5.91 Å². The highest BCUT2D eigenvalue weighted by atomic mass is 16.5. The zero-order chi connectivity index (χ0) is 17.5. The van der Waals surface area contributed by atoms with Gasteiger partial charge in [0, 0.05) is 31.3 Å². The number of hydrogen-bond donors (Lipinski definition) is 1. The second-order valence-electron chi connectivity index (χ2n) is 6.59. The molecule has 1 saturated carbocycles. The highest BCUT2D eigenvalue weighted by molar-refractivity contribution is 5.76. The van der Waals surface area contributed by atoms with E-state index < -0.39 is 0 Å². The average molecular weight is 343 g/mol. The molecule has 3 rings (SSSR count). The van der Waals surface area contributed by atoms with Gasteiger partial charge in [-0.3, -0.25) is 4.79 Å². The predicted molar refractivity (Wildman–Crippen MR) is 92.4 cm³/mol. The molecule has 0 aliphatic heterocycles. The highest BCUT2D eigenvalue weighted by Crippen LogP contribution is 2.29. The maximum absolute atomic E-state index is 12.2. The summed E-state index contributed by atoms with van der Waals surface area (Å²) in [6.45, 7) is 2.21. The second kappa shape index (κ2) is 8.69. The van der Waals surface area contributed by atoms with Crippen LogP contribution in [0.3, 0.4) is 0 Å². The molecule has 2 aromatic rings. The highest BCUT2D eigenvalue weighted by Gasteiger charge is 2.27. The summed E-state index contributed by atoms with van der Waals surface area (Å²) >= 11 is 0. The number of aromatic nitrogens is 4. The first-order valence-electron chi connectivity index (χ1n) is 9.15. The number of unbranched alkanes of at least 4 members (excludes halogenated alkanes) is 1. The smallest absolute Gasteiger partial charge is 0.240 e. The molecule has 7 heteroatoms. The van der Waals surface area contributed by atoms with Crippen molar-refractivity contribution in [3.8, 4) is 11.6 Å². The van der Waals surface area contributed by atoms with Crippen LogP contribution in [-0.4, -0.2) is 32.1 Å². The fourth-order valence-electron chi connectivity index (χ4n) is 3.40. The Morgan fingerprint density at radius 1 is 1.28 bits per heavy atom. The zero-order valence-corrected chi connectivity index (χ0v) is 14.6. The van der Waals surface area contributed by atoms with Crippen LogP contribution >= 0.6 is 0 Å². The van der Waals surface area contributed by atoms with Crippen molar-refractivity contribution in [2.75, 3.05) is 0 Å². The molecule has 1 aliphatic carbocycles. The van der Waals surface area contributed by atoms with Crippen molar-refractivity contribution >= 4 is 5.91 Å². The largest absolute Gasteiger partial charge is 0.353 e. The molecule has 2 heterocycles. The van der Waals surface area contributed by atoms with Gasteiger partial charge in [-0.15, -0.1) is 0 Å². The molecule has 7 nitrogen and oxygen atoms in total. The lowest BCUT2D eigenvalue weighted by atomic mass is 9.96. The number of nitrogens with one attached hydrogen (secondary N) is 1. The first-order valence-corrected chi connectivity index (χ1v) is 9.15. The third-order valence-electron chi connectivity index (χ3n) is 4.73. The fraction of sp³-hybridized carbons (Fsp3) is 0.611. The lowest BCUT2D eigenvalue weighted by Gasteiger charge is -2.20. The molecule has 134 valence electrons. The summed E-state index contributed by atoms with van der Waals surface area (Å²) in [5.74, 6) is 1.91. The quantitative estimate of drug-likeness (QED) is 0.792.